The van der Waals surface area contributed by atoms with Crippen LogP contribution in [0.3, 0.4) is 0 Å². The lowest BCUT2D eigenvalue weighted by Crippen LogP contribution is -2.11. The van der Waals surface area contributed by atoms with Crippen molar-refractivity contribution in [2.24, 2.45) is 0 Å². The summed E-state index contributed by atoms with van der Waals surface area (Å²) in [7, 11) is 0. The highest BCUT2D eigenvalue weighted by atomic mass is 19.4. The average Bonchev–Trinajstić information content (AvgIpc) is 2.70. The van der Waals surface area contributed by atoms with Crippen LogP contribution in [-0.2, 0) is 6.18 Å². The van der Waals surface area contributed by atoms with Gasteiger partial charge in [-0.25, -0.2) is 13.2 Å². The summed E-state index contributed by atoms with van der Waals surface area (Å²) >= 11 is 0. The van der Waals surface area contributed by atoms with Gasteiger partial charge in [-0.05, 0) is 47.5 Å². The van der Waals surface area contributed by atoms with E-state index < -0.39 is 29.2 Å². The third-order valence-electron chi connectivity index (χ3n) is 4.19. The van der Waals surface area contributed by atoms with Gasteiger partial charge >= 0.3 is 6.18 Å². The van der Waals surface area contributed by atoms with E-state index >= 15 is 0 Å². The molecule has 0 saturated carbocycles. The summed E-state index contributed by atoms with van der Waals surface area (Å²) < 4.78 is 84.9. The summed E-state index contributed by atoms with van der Waals surface area (Å²) in [4.78, 5) is 0. The molecule has 0 atom stereocenters. The minimum Gasteiger partial charge on any atom is -0.490 e. The third kappa shape index (κ3) is 5.28. The molecule has 0 heterocycles. The van der Waals surface area contributed by atoms with Crippen molar-refractivity contribution < 1.29 is 31.1 Å². The zero-order valence-electron chi connectivity index (χ0n) is 15.9. The van der Waals surface area contributed by atoms with Gasteiger partial charge in [0.15, 0.2) is 0 Å². The van der Waals surface area contributed by atoms with Crippen molar-refractivity contribution in [3.63, 3.8) is 0 Å². The van der Waals surface area contributed by atoms with Gasteiger partial charge in [0.05, 0.1) is 5.56 Å². The predicted octanol–water partition coefficient (Wildman–Crippen LogP) is 6.75. The fourth-order valence-electron chi connectivity index (χ4n) is 2.75. The molecular weight excluding hydrogens is 418 g/mol. The summed E-state index contributed by atoms with van der Waals surface area (Å²) in [6, 6.07) is 12.0. The van der Waals surface area contributed by atoms with Gasteiger partial charge in [-0.3, -0.25) is 0 Å². The van der Waals surface area contributed by atoms with Crippen LogP contribution in [0.4, 0.5) is 26.3 Å². The first-order valence-corrected chi connectivity index (χ1v) is 8.91. The van der Waals surface area contributed by atoms with Crippen molar-refractivity contribution in [3.8, 4) is 28.7 Å². The van der Waals surface area contributed by atoms with E-state index in [9.17, 15) is 26.3 Å². The molecular formula is C24H14F6O. The summed E-state index contributed by atoms with van der Waals surface area (Å²) in [6.07, 6.45) is -3.56. The normalized spacial score (nSPS) is 10.9. The topological polar surface area (TPSA) is 9.23 Å². The maximum atomic E-state index is 14.4. The quantitative estimate of drug-likeness (QED) is 0.252. The van der Waals surface area contributed by atoms with Gasteiger partial charge in [0.1, 0.15) is 35.4 Å². The molecule has 0 fully saturated rings. The number of hydrogen-bond acceptors (Lipinski definition) is 1. The molecule has 0 radical (unpaired) electrons. The second-order valence-corrected chi connectivity index (χ2v) is 6.38. The monoisotopic (exact) mass is 432 g/mol. The lowest BCUT2D eigenvalue weighted by atomic mass is 10.0. The number of rotatable bonds is 4. The molecule has 0 saturated heterocycles. The van der Waals surface area contributed by atoms with Gasteiger partial charge in [0.2, 0.25) is 0 Å². The molecule has 7 heteroatoms. The largest absolute Gasteiger partial charge is 0.490 e. The molecule has 0 aliphatic carbocycles. The van der Waals surface area contributed by atoms with Crippen LogP contribution in [0.1, 0.15) is 16.7 Å². The van der Waals surface area contributed by atoms with Crippen molar-refractivity contribution in [1.29, 1.82) is 0 Å². The third-order valence-corrected chi connectivity index (χ3v) is 4.19. The van der Waals surface area contributed by atoms with E-state index in [0.717, 1.165) is 5.56 Å². The lowest BCUT2D eigenvalue weighted by Gasteiger charge is -2.09. The van der Waals surface area contributed by atoms with Gasteiger partial charge in [-0.2, -0.15) is 13.2 Å². The molecule has 0 aliphatic heterocycles. The molecule has 158 valence electrons. The minimum atomic E-state index is -5.17. The zero-order valence-corrected chi connectivity index (χ0v) is 15.9. The van der Waals surface area contributed by atoms with E-state index in [0.29, 0.717) is 30.1 Å². The van der Waals surface area contributed by atoms with Gasteiger partial charge in [-0.15, -0.1) is 0 Å². The highest BCUT2D eigenvalue weighted by molar-refractivity contribution is 5.65. The van der Waals surface area contributed by atoms with Crippen molar-refractivity contribution in [1.82, 2.24) is 0 Å². The Hall–Kier alpha value is -3.66. The fourth-order valence-corrected chi connectivity index (χ4v) is 2.75. The van der Waals surface area contributed by atoms with Crippen LogP contribution in [0.25, 0.3) is 11.1 Å². The first kappa shape index (κ1) is 22.0. The molecule has 3 aromatic rings. The Morgan fingerprint density at radius 1 is 0.806 bits per heavy atom. The highest BCUT2D eigenvalue weighted by Crippen LogP contribution is 2.34. The summed E-state index contributed by atoms with van der Waals surface area (Å²) in [5, 5.41) is 0. The molecule has 0 amide bonds. The summed E-state index contributed by atoms with van der Waals surface area (Å²) in [5.41, 5.74) is -1.13. The summed E-state index contributed by atoms with van der Waals surface area (Å²) in [6.45, 7) is 3.91. The van der Waals surface area contributed by atoms with Crippen molar-refractivity contribution in [2.75, 3.05) is 6.61 Å². The zero-order chi connectivity index (χ0) is 22.6. The van der Waals surface area contributed by atoms with Crippen LogP contribution in [-0.4, -0.2) is 6.61 Å². The predicted molar refractivity (Wildman–Crippen MR) is 105 cm³/mol. The van der Waals surface area contributed by atoms with E-state index in [1.54, 1.807) is 36.4 Å². The Labute approximate surface area is 174 Å². The SMILES string of the molecule is C=CCOc1ccc(-c2ccc(C#Cc3cc(F)c(C(F)(F)F)c(F)c3)c(F)c2)cc1. The minimum absolute atomic E-state index is 0.0737. The van der Waals surface area contributed by atoms with Crippen molar-refractivity contribution in [2.45, 2.75) is 6.18 Å². The van der Waals surface area contributed by atoms with E-state index in [2.05, 4.69) is 18.4 Å². The van der Waals surface area contributed by atoms with Crippen molar-refractivity contribution in [3.05, 3.63) is 101 Å². The number of ether oxygens (including phenoxy) is 1. The first-order chi connectivity index (χ1) is 14.7. The Bertz CT molecular complexity index is 1140. The standard InChI is InChI=1S/C24H14F6O/c1-2-11-31-19-9-7-16(8-10-19)18-6-5-17(20(25)14-18)4-3-15-12-21(26)23(22(27)13-15)24(28,29)30/h2,5-10,12-14H,1,11H2. The van der Waals surface area contributed by atoms with Crippen LogP contribution >= 0.6 is 0 Å². The highest BCUT2D eigenvalue weighted by Gasteiger charge is 2.37. The maximum Gasteiger partial charge on any atom is 0.422 e. The number of halogens is 6. The van der Waals surface area contributed by atoms with Gasteiger partial charge in [-0.1, -0.05) is 42.7 Å². The van der Waals surface area contributed by atoms with Crippen LogP contribution in [0.2, 0.25) is 0 Å². The second-order valence-electron chi connectivity index (χ2n) is 6.38. The fraction of sp³-hybridized carbons (Fsp3) is 0.0833. The Kier molecular flexibility index (Phi) is 6.40. The first-order valence-electron chi connectivity index (χ1n) is 8.91. The van der Waals surface area contributed by atoms with Crippen LogP contribution in [0, 0.1) is 29.3 Å². The van der Waals surface area contributed by atoms with Crippen LogP contribution in [0.5, 0.6) is 5.75 Å². The molecule has 0 spiro atoms. The molecule has 0 bridgehead atoms. The molecule has 0 unspecified atom stereocenters. The van der Waals surface area contributed by atoms with Gasteiger partial charge < -0.3 is 4.74 Å². The van der Waals surface area contributed by atoms with Crippen LogP contribution < -0.4 is 4.74 Å². The smallest absolute Gasteiger partial charge is 0.422 e. The average molecular weight is 432 g/mol. The van der Waals surface area contributed by atoms with E-state index in [1.807, 2.05) is 0 Å². The van der Waals surface area contributed by atoms with E-state index in [1.165, 1.54) is 12.1 Å². The second kappa shape index (κ2) is 9.00. The number of benzene rings is 3. The molecule has 1 nitrogen and oxygen atoms in total. The Morgan fingerprint density at radius 2 is 1.42 bits per heavy atom. The van der Waals surface area contributed by atoms with Gasteiger partial charge in [0.25, 0.3) is 0 Å². The van der Waals surface area contributed by atoms with E-state index in [4.69, 9.17) is 4.74 Å². The number of alkyl halides is 3. The molecule has 0 N–H and O–H groups in total. The molecule has 31 heavy (non-hydrogen) atoms. The molecule has 3 rings (SSSR count). The number of hydrogen-bond donors (Lipinski definition) is 0. The lowest BCUT2D eigenvalue weighted by molar-refractivity contribution is -0.142. The molecule has 3 aromatic carbocycles. The molecule has 0 aromatic heterocycles. The Morgan fingerprint density at radius 3 is 1.97 bits per heavy atom. The van der Waals surface area contributed by atoms with E-state index in [-0.39, 0.29) is 11.1 Å². The summed E-state index contributed by atoms with van der Waals surface area (Å²) in [5.74, 6) is 1.04. The van der Waals surface area contributed by atoms with Gasteiger partial charge in [0, 0.05) is 5.56 Å². The van der Waals surface area contributed by atoms with Crippen molar-refractivity contribution >= 4 is 0 Å². The maximum absolute atomic E-state index is 14.4. The van der Waals surface area contributed by atoms with Crippen LogP contribution in [0.15, 0.2) is 67.3 Å². The molecule has 0 aliphatic rings. The Balaban J connectivity index is 1.84.